The number of anilines is 1. The van der Waals surface area contributed by atoms with Crippen LogP contribution < -0.4 is 11.3 Å². The maximum Gasteiger partial charge on any atom is 0.140 e. The summed E-state index contributed by atoms with van der Waals surface area (Å²) >= 11 is 1.73. The largest absolute Gasteiger partial charge is 0.350 e. The monoisotopic (exact) mass is 270 g/mol. The van der Waals surface area contributed by atoms with Crippen molar-refractivity contribution in [2.45, 2.75) is 10.8 Å². The van der Waals surface area contributed by atoms with Gasteiger partial charge in [-0.05, 0) is 24.3 Å². The lowest BCUT2D eigenvalue weighted by Crippen LogP contribution is -2.08. The van der Waals surface area contributed by atoms with Crippen LogP contribution in [0.2, 0.25) is 0 Å². The molecule has 0 amide bonds. The number of aromatic amines is 1. The quantitative estimate of drug-likeness (QED) is 0.387. The van der Waals surface area contributed by atoms with Gasteiger partial charge in [-0.1, -0.05) is 24.3 Å². The molecule has 3 aromatic rings. The molecule has 5 heteroatoms. The van der Waals surface area contributed by atoms with Gasteiger partial charge in [-0.2, -0.15) is 0 Å². The Kier molecular flexibility index (Phi) is 3.39. The Hall–Kier alpha value is -1.98. The van der Waals surface area contributed by atoms with E-state index in [4.69, 9.17) is 5.84 Å². The Bertz CT molecular complexity index is 659. The van der Waals surface area contributed by atoms with Crippen LogP contribution in [0.4, 0.5) is 5.82 Å². The number of nitrogens with two attached hydrogens (primary N) is 1. The summed E-state index contributed by atoms with van der Waals surface area (Å²) in [5.74, 6) is 6.85. The summed E-state index contributed by atoms with van der Waals surface area (Å²) in [6.07, 6.45) is 0. The fourth-order valence-corrected chi connectivity index (χ4v) is 2.77. The molecule has 0 radical (unpaired) electrons. The van der Waals surface area contributed by atoms with Gasteiger partial charge in [0.05, 0.1) is 10.7 Å². The molecule has 0 fully saturated rings. The number of pyridine rings is 1. The SMILES string of the molecule is NNc1cccc(CSc2cc3ccccc3[nH]2)n1. The highest BCUT2D eigenvalue weighted by Gasteiger charge is 2.02. The minimum Gasteiger partial charge on any atom is -0.350 e. The number of nitrogens with zero attached hydrogens (tertiary/aromatic N) is 1. The Morgan fingerprint density at radius 2 is 2.05 bits per heavy atom. The van der Waals surface area contributed by atoms with Crippen LogP contribution in [0.5, 0.6) is 0 Å². The van der Waals surface area contributed by atoms with Gasteiger partial charge in [0.2, 0.25) is 0 Å². The first-order valence-corrected chi connectivity index (χ1v) is 6.97. The first kappa shape index (κ1) is 12.1. The van der Waals surface area contributed by atoms with E-state index in [1.165, 1.54) is 5.39 Å². The molecule has 0 bridgehead atoms. The standard InChI is InChI=1S/C14H14N4S/c15-18-13-7-3-5-11(16-13)9-19-14-8-10-4-1-2-6-12(10)17-14/h1-8,17H,9,15H2,(H,16,18). The van der Waals surface area contributed by atoms with Gasteiger partial charge in [-0.15, -0.1) is 11.8 Å². The van der Waals surface area contributed by atoms with E-state index in [-0.39, 0.29) is 0 Å². The van der Waals surface area contributed by atoms with E-state index in [0.29, 0.717) is 5.82 Å². The number of nitrogen functional groups attached to an aromatic ring is 1. The van der Waals surface area contributed by atoms with Crippen molar-refractivity contribution in [3.05, 3.63) is 54.2 Å². The summed E-state index contributed by atoms with van der Waals surface area (Å²) in [6, 6.07) is 16.2. The molecule has 3 rings (SSSR count). The Balaban J connectivity index is 1.74. The van der Waals surface area contributed by atoms with Gasteiger partial charge in [0.15, 0.2) is 0 Å². The Morgan fingerprint density at radius 1 is 1.16 bits per heavy atom. The van der Waals surface area contributed by atoms with Crippen molar-refractivity contribution >= 4 is 28.5 Å². The molecule has 0 spiro atoms. The number of para-hydroxylation sites is 1. The van der Waals surface area contributed by atoms with Crippen molar-refractivity contribution < 1.29 is 0 Å². The van der Waals surface area contributed by atoms with E-state index in [1.807, 2.05) is 30.3 Å². The first-order valence-electron chi connectivity index (χ1n) is 5.98. The highest BCUT2D eigenvalue weighted by molar-refractivity contribution is 7.98. The zero-order valence-electron chi connectivity index (χ0n) is 10.3. The number of fused-ring (bicyclic) bond motifs is 1. The smallest absolute Gasteiger partial charge is 0.140 e. The molecule has 4 nitrogen and oxygen atoms in total. The number of rotatable bonds is 4. The van der Waals surface area contributed by atoms with E-state index in [2.05, 4.69) is 33.6 Å². The number of hydrazine groups is 1. The molecule has 0 aliphatic carbocycles. The maximum absolute atomic E-state index is 5.35. The Morgan fingerprint density at radius 3 is 2.89 bits per heavy atom. The summed E-state index contributed by atoms with van der Waals surface area (Å²) in [4.78, 5) is 7.78. The van der Waals surface area contributed by atoms with Crippen LogP contribution in [0.15, 0.2) is 53.6 Å². The van der Waals surface area contributed by atoms with Crippen LogP contribution in [0.25, 0.3) is 10.9 Å². The predicted molar refractivity (Wildman–Crippen MR) is 79.9 cm³/mol. The predicted octanol–water partition coefficient (Wildman–Crippen LogP) is 3.14. The number of nitrogens with one attached hydrogen (secondary N) is 2. The third-order valence-electron chi connectivity index (χ3n) is 2.84. The lowest BCUT2D eigenvalue weighted by atomic mass is 10.3. The van der Waals surface area contributed by atoms with Gasteiger partial charge in [0.1, 0.15) is 5.82 Å². The van der Waals surface area contributed by atoms with Crippen LogP contribution in [0.3, 0.4) is 0 Å². The minimum atomic E-state index is 0.690. The Labute approximate surface area is 115 Å². The molecule has 2 heterocycles. The second-order valence-electron chi connectivity index (χ2n) is 4.17. The third kappa shape index (κ3) is 2.72. The molecule has 0 unspecified atom stereocenters. The first-order chi connectivity index (χ1) is 9.35. The number of aromatic nitrogens is 2. The molecule has 4 N–H and O–H groups in total. The zero-order chi connectivity index (χ0) is 13.1. The molecule has 19 heavy (non-hydrogen) atoms. The van der Waals surface area contributed by atoms with Crippen LogP contribution >= 0.6 is 11.8 Å². The highest BCUT2D eigenvalue weighted by atomic mass is 32.2. The average molecular weight is 270 g/mol. The van der Waals surface area contributed by atoms with Crippen molar-refractivity contribution in [2.24, 2.45) is 5.84 Å². The van der Waals surface area contributed by atoms with Crippen LogP contribution in [0, 0.1) is 0 Å². The minimum absolute atomic E-state index is 0.690. The summed E-state index contributed by atoms with van der Waals surface area (Å²) in [6.45, 7) is 0. The summed E-state index contributed by atoms with van der Waals surface area (Å²) in [7, 11) is 0. The number of H-pyrrole nitrogens is 1. The highest BCUT2D eigenvalue weighted by Crippen LogP contribution is 2.25. The average Bonchev–Trinajstić information content (AvgIpc) is 2.88. The topological polar surface area (TPSA) is 66.7 Å². The van der Waals surface area contributed by atoms with Gasteiger partial charge in [-0.3, -0.25) is 0 Å². The second kappa shape index (κ2) is 5.34. The fourth-order valence-electron chi connectivity index (χ4n) is 1.92. The van der Waals surface area contributed by atoms with E-state index in [1.54, 1.807) is 11.8 Å². The van der Waals surface area contributed by atoms with E-state index < -0.39 is 0 Å². The number of thioether (sulfide) groups is 1. The van der Waals surface area contributed by atoms with Crippen molar-refractivity contribution in [1.82, 2.24) is 9.97 Å². The van der Waals surface area contributed by atoms with Gasteiger partial charge in [0.25, 0.3) is 0 Å². The summed E-state index contributed by atoms with van der Waals surface area (Å²) in [5, 5.41) is 2.38. The van der Waals surface area contributed by atoms with Crippen molar-refractivity contribution in [3.8, 4) is 0 Å². The molecule has 0 atom stereocenters. The molecular formula is C14H14N4S. The van der Waals surface area contributed by atoms with Gasteiger partial charge < -0.3 is 10.4 Å². The van der Waals surface area contributed by atoms with Crippen molar-refractivity contribution in [2.75, 3.05) is 5.43 Å². The maximum atomic E-state index is 5.35. The van der Waals surface area contributed by atoms with Crippen LogP contribution in [-0.2, 0) is 5.75 Å². The van der Waals surface area contributed by atoms with Crippen molar-refractivity contribution in [1.29, 1.82) is 0 Å². The van der Waals surface area contributed by atoms with Gasteiger partial charge in [0, 0.05) is 16.7 Å². The van der Waals surface area contributed by atoms with E-state index in [0.717, 1.165) is 22.0 Å². The normalized spacial score (nSPS) is 10.8. The van der Waals surface area contributed by atoms with Gasteiger partial charge >= 0.3 is 0 Å². The molecule has 0 aliphatic rings. The van der Waals surface area contributed by atoms with Crippen LogP contribution in [0.1, 0.15) is 5.69 Å². The summed E-state index contributed by atoms with van der Waals surface area (Å²) < 4.78 is 0. The molecule has 96 valence electrons. The lowest BCUT2D eigenvalue weighted by molar-refractivity contribution is 1.13. The molecule has 2 aromatic heterocycles. The number of benzene rings is 1. The fraction of sp³-hybridized carbons (Fsp3) is 0.0714. The molecule has 0 saturated heterocycles. The number of hydrogen-bond acceptors (Lipinski definition) is 4. The molecular weight excluding hydrogens is 256 g/mol. The zero-order valence-corrected chi connectivity index (χ0v) is 11.1. The molecule has 0 saturated carbocycles. The molecule has 0 aliphatic heterocycles. The second-order valence-corrected chi connectivity index (χ2v) is 5.19. The van der Waals surface area contributed by atoms with E-state index >= 15 is 0 Å². The van der Waals surface area contributed by atoms with Gasteiger partial charge in [-0.25, -0.2) is 10.8 Å². The van der Waals surface area contributed by atoms with E-state index in [9.17, 15) is 0 Å². The lowest BCUT2D eigenvalue weighted by Gasteiger charge is -2.02. The molecule has 1 aromatic carbocycles. The summed E-state index contributed by atoms with van der Waals surface area (Å²) in [5.41, 5.74) is 4.72. The number of hydrogen-bond donors (Lipinski definition) is 3. The van der Waals surface area contributed by atoms with Crippen molar-refractivity contribution in [3.63, 3.8) is 0 Å². The third-order valence-corrected chi connectivity index (χ3v) is 3.81. The van der Waals surface area contributed by atoms with Crippen LogP contribution in [-0.4, -0.2) is 9.97 Å².